The minimum absolute atomic E-state index is 0.0257. The summed E-state index contributed by atoms with van der Waals surface area (Å²) in [6.07, 6.45) is 3.82. The number of amides is 1. The molecule has 278 valence electrons. The first-order chi connectivity index (χ1) is 25.0. The van der Waals surface area contributed by atoms with E-state index in [-0.39, 0.29) is 43.4 Å². The molecule has 0 saturated carbocycles. The Hall–Kier alpha value is -5.12. The number of nitrogens with zero attached hydrogens (tertiary/aromatic N) is 4. The number of hydrogen-bond acceptors (Lipinski definition) is 12. The van der Waals surface area contributed by atoms with Crippen molar-refractivity contribution in [1.29, 1.82) is 0 Å². The lowest BCUT2D eigenvalue weighted by atomic mass is 9.84. The van der Waals surface area contributed by atoms with Crippen LogP contribution >= 0.6 is 0 Å². The van der Waals surface area contributed by atoms with Gasteiger partial charge in [-0.3, -0.25) is 15.2 Å². The second-order valence-electron chi connectivity index (χ2n) is 13.5. The molecule has 0 unspecified atom stereocenters. The number of aliphatic carboxylic acids is 1. The topological polar surface area (TPSA) is 192 Å². The van der Waals surface area contributed by atoms with Crippen molar-refractivity contribution in [3.63, 3.8) is 0 Å². The first-order valence-electron chi connectivity index (χ1n) is 17.3. The van der Waals surface area contributed by atoms with Gasteiger partial charge in [-0.05, 0) is 69.0 Å². The van der Waals surface area contributed by atoms with E-state index in [1.807, 2.05) is 37.3 Å². The molecule has 3 aromatic heterocycles. The predicted molar refractivity (Wildman–Crippen MR) is 192 cm³/mol. The van der Waals surface area contributed by atoms with E-state index in [9.17, 15) is 19.5 Å². The lowest BCUT2D eigenvalue weighted by Gasteiger charge is -2.28. The molecule has 5 rings (SSSR count). The average molecular weight is 718 g/mol. The molecule has 4 heterocycles. The number of carboxylic acids is 1. The maximum atomic E-state index is 13.0. The van der Waals surface area contributed by atoms with E-state index in [1.165, 1.54) is 6.08 Å². The van der Waals surface area contributed by atoms with E-state index in [0.29, 0.717) is 24.9 Å². The zero-order valence-corrected chi connectivity index (χ0v) is 30.2. The molecule has 1 fully saturated rings. The Morgan fingerprint density at radius 3 is 2.75 bits per heavy atom. The number of methoxy groups -OCH3 is 1. The van der Waals surface area contributed by atoms with Gasteiger partial charge in [0.2, 0.25) is 11.7 Å². The lowest BCUT2D eigenvalue weighted by molar-refractivity contribution is -0.150. The summed E-state index contributed by atoms with van der Waals surface area (Å²) in [5.74, 6) is -1.29. The number of carboxylic acid groups (broad SMARTS) is 1. The fourth-order valence-electron chi connectivity index (χ4n) is 6.32. The molecule has 3 atom stereocenters. The number of fused-ring (bicyclic) bond motifs is 1. The summed E-state index contributed by atoms with van der Waals surface area (Å²) >= 11 is 0. The van der Waals surface area contributed by atoms with Crippen LogP contribution in [0.25, 0.3) is 33.5 Å². The third kappa shape index (κ3) is 8.84. The van der Waals surface area contributed by atoms with Gasteiger partial charge >= 0.3 is 18.0 Å². The Bertz CT molecular complexity index is 1900. The summed E-state index contributed by atoms with van der Waals surface area (Å²) in [6, 6.07) is 8.07. The SMILES string of the molecule is C=CCOC(=O)N[C@@H](Cc1nc(-c2ccc3c(c2)c(CC(C)(C)COC(=O)[C@@H]2CCCNN2)c(-c2cccnc2[C@H](C)OC)n3CC)no1)C(=O)O. The van der Waals surface area contributed by atoms with Crippen LogP contribution in [0.2, 0.25) is 0 Å². The van der Waals surface area contributed by atoms with Crippen molar-refractivity contribution >= 4 is 28.9 Å². The summed E-state index contributed by atoms with van der Waals surface area (Å²) in [7, 11) is 1.66. The van der Waals surface area contributed by atoms with Crippen LogP contribution in [0.15, 0.2) is 53.7 Å². The zero-order chi connectivity index (χ0) is 37.4. The van der Waals surface area contributed by atoms with Crippen LogP contribution in [0.3, 0.4) is 0 Å². The minimum atomic E-state index is -1.36. The number of esters is 1. The van der Waals surface area contributed by atoms with E-state index in [4.69, 9.17) is 23.7 Å². The molecular formula is C37H47N7O8. The molecule has 0 spiro atoms. The molecule has 0 bridgehead atoms. The van der Waals surface area contributed by atoms with Crippen molar-refractivity contribution in [3.8, 4) is 22.6 Å². The van der Waals surface area contributed by atoms with Gasteiger partial charge in [0.05, 0.1) is 30.5 Å². The maximum absolute atomic E-state index is 13.0. The summed E-state index contributed by atoms with van der Waals surface area (Å²) in [5, 5.41) is 17.1. The van der Waals surface area contributed by atoms with Crippen LogP contribution in [-0.2, 0) is 43.2 Å². The summed E-state index contributed by atoms with van der Waals surface area (Å²) < 4.78 is 24.2. The van der Waals surface area contributed by atoms with E-state index in [2.05, 4.69) is 58.2 Å². The molecule has 15 nitrogen and oxygen atoms in total. The molecule has 1 aliphatic rings. The van der Waals surface area contributed by atoms with Crippen molar-refractivity contribution in [2.45, 2.75) is 78.1 Å². The Labute approximate surface area is 302 Å². The van der Waals surface area contributed by atoms with Gasteiger partial charge in [0, 0.05) is 53.8 Å². The van der Waals surface area contributed by atoms with Crippen molar-refractivity contribution in [1.82, 2.24) is 35.9 Å². The van der Waals surface area contributed by atoms with Gasteiger partial charge in [0.15, 0.2) is 0 Å². The number of hydrazine groups is 1. The average Bonchev–Trinajstić information content (AvgIpc) is 3.74. The molecule has 1 amide bonds. The Balaban J connectivity index is 1.53. The van der Waals surface area contributed by atoms with Gasteiger partial charge in [-0.2, -0.15) is 4.98 Å². The second kappa shape index (κ2) is 16.9. The highest BCUT2D eigenvalue weighted by atomic mass is 16.5. The number of pyridine rings is 1. The highest BCUT2D eigenvalue weighted by Gasteiger charge is 2.31. The molecule has 0 aliphatic carbocycles. The molecule has 4 aromatic rings. The standard InChI is InChI=1S/C37H47N7O8/c1-7-17-50-36(48)40-28(34(45)46)19-30-41-33(43-52-30)23-13-14-29-25(18-23)26(20-37(4,5)21-51-35(47)27-12-10-16-39-42-27)32(44(29)8-2)24-11-9-15-38-31(24)22(3)49-6/h7,9,11,13-15,18,22,27-28,39,42H,1,8,10,12,16-17,19-21H2,2-6H3,(H,40,48)(H,45,46)/t22-,27-,28-/m0/s1. The Morgan fingerprint density at radius 1 is 1.25 bits per heavy atom. The number of aryl methyl sites for hydroxylation is 1. The van der Waals surface area contributed by atoms with Crippen LogP contribution in [0.5, 0.6) is 0 Å². The normalized spacial score (nSPS) is 15.9. The van der Waals surface area contributed by atoms with E-state index in [1.54, 1.807) is 13.3 Å². The summed E-state index contributed by atoms with van der Waals surface area (Å²) in [5.41, 5.74) is 10.9. The first-order valence-corrected chi connectivity index (χ1v) is 17.3. The lowest BCUT2D eigenvalue weighted by Crippen LogP contribution is -2.50. The smallest absolute Gasteiger partial charge is 0.408 e. The van der Waals surface area contributed by atoms with Crippen molar-refractivity contribution in [2.24, 2.45) is 5.41 Å². The molecule has 1 aliphatic heterocycles. The van der Waals surface area contributed by atoms with Crippen molar-refractivity contribution in [2.75, 3.05) is 26.9 Å². The Morgan fingerprint density at radius 2 is 2.06 bits per heavy atom. The highest BCUT2D eigenvalue weighted by Crippen LogP contribution is 2.41. The number of benzene rings is 1. The van der Waals surface area contributed by atoms with Crippen molar-refractivity contribution < 1.29 is 38.2 Å². The van der Waals surface area contributed by atoms with Crippen LogP contribution in [-0.4, -0.2) is 81.8 Å². The molecule has 52 heavy (non-hydrogen) atoms. The van der Waals surface area contributed by atoms with E-state index in [0.717, 1.165) is 46.4 Å². The number of alkyl carbamates (subject to hydrolysis) is 1. The number of aromatic nitrogens is 4. The van der Waals surface area contributed by atoms with Crippen LogP contribution in [0.1, 0.15) is 63.8 Å². The first kappa shape index (κ1) is 38.1. The quantitative estimate of drug-likeness (QED) is 0.0917. The molecule has 1 aromatic carbocycles. The molecular weight excluding hydrogens is 670 g/mol. The largest absolute Gasteiger partial charge is 0.480 e. The van der Waals surface area contributed by atoms with Crippen LogP contribution in [0.4, 0.5) is 4.79 Å². The van der Waals surface area contributed by atoms with E-state index >= 15 is 0 Å². The number of hydrogen-bond donors (Lipinski definition) is 4. The number of nitrogens with one attached hydrogen (secondary N) is 3. The summed E-state index contributed by atoms with van der Waals surface area (Å²) in [4.78, 5) is 46.1. The third-order valence-corrected chi connectivity index (χ3v) is 8.96. The van der Waals surface area contributed by atoms with Gasteiger partial charge in [-0.25, -0.2) is 15.0 Å². The maximum Gasteiger partial charge on any atom is 0.408 e. The monoisotopic (exact) mass is 717 g/mol. The van der Waals surface area contributed by atoms with Crippen molar-refractivity contribution in [3.05, 3.63) is 66.3 Å². The fourth-order valence-corrected chi connectivity index (χ4v) is 6.32. The van der Waals surface area contributed by atoms with Gasteiger partial charge in [-0.1, -0.05) is 31.7 Å². The van der Waals surface area contributed by atoms with Crippen LogP contribution in [0, 0.1) is 5.41 Å². The minimum Gasteiger partial charge on any atom is -0.480 e. The predicted octanol–water partition coefficient (Wildman–Crippen LogP) is 4.76. The molecule has 1 saturated heterocycles. The van der Waals surface area contributed by atoms with Crippen LogP contribution < -0.4 is 16.2 Å². The molecule has 0 radical (unpaired) electrons. The van der Waals surface area contributed by atoms with E-state index < -0.39 is 29.6 Å². The molecule has 15 heteroatoms. The number of carbonyl (C=O) groups is 3. The number of carbonyl (C=O) groups excluding carboxylic acids is 2. The second-order valence-corrected chi connectivity index (χ2v) is 13.5. The summed E-state index contributed by atoms with van der Waals surface area (Å²) in [6.45, 7) is 13.3. The molecule has 4 N–H and O–H groups in total. The zero-order valence-electron chi connectivity index (χ0n) is 30.2. The third-order valence-electron chi connectivity index (χ3n) is 8.96. The highest BCUT2D eigenvalue weighted by molar-refractivity contribution is 5.95. The van der Waals surface area contributed by atoms with Gasteiger partial charge in [-0.15, -0.1) is 0 Å². The van der Waals surface area contributed by atoms with Gasteiger partial charge < -0.3 is 33.7 Å². The number of rotatable bonds is 16. The van der Waals surface area contributed by atoms with Gasteiger partial charge in [0.25, 0.3) is 0 Å². The Kier molecular flexibility index (Phi) is 12.4. The fraction of sp³-hybridized carbons (Fsp3) is 0.459. The van der Waals surface area contributed by atoms with Gasteiger partial charge in [0.1, 0.15) is 18.7 Å². The number of ether oxygens (including phenoxy) is 3.